The Kier molecular flexibility index (Phi) is 4.92. The van der Waals surface area contributed by atoms with Crippen LogP contribution in [-0.2, 0) is 0 Å². The lowest BCUT2D eigenvalue weighted by molar-refractivity contribution is 0.443. The molecule has 1 aromatic heterocycles. The molecule has 1 fully saturated rings. The molecule has 1 aliphatic rings. The van der Waals surface area contributed by atoms with Crippen LogP contribution in [0.2, 0.25) is 0 Å². The molecule has 1 saturated carbocycles. The highest BCUT2D eigenvalue weighted by Gasteiger charge is 2.16. The Bertz CT molecular complexity index is 1360. The molecule has 2 heteroatoms. The van der Waals surface area contributed by atoms with E-state index >= 15 is 0 Å². The Labute approximate surface area is 188 Å². The summed E-state index contributed by atoms with van der Waals surface area (Å²) in [4.78, 5) is 0. The van der Waals surface area contributed by atoms with Crippen LogP contribution in [0.4, 0.5) is 11.4 Å². The predicted molar refractivity (Wildman–Crippen MR) is 135 cm³/mol. The van der Waals surface area contributed by atoms with Gasteiger partial charge >= 0.3 is 0 Å². The van der Waals surface area contributed by atoms with E-state index in [9.17, 15) is 0 Å². The second kappa shape index (κ2) is 8.20. The molecule has 0 unspecified atom stereocenters. The third-order valence-electron chi connectivity index (χ3n) is 6.87. The number of anilines is 2. The minimum absolute atomic E-state index is 0.732. The van der Waals surface area contributed by atoms with Crippen molar-refractivity contribution in [2.45, 2.75) is 38.0 Å². The zero-order valence-corrected chi connectivity index (χ0v) is 18.2. The summed E-state index contributed by atoms with van der Waals surface area (Å²) < 4.78 is 6.18. The molecule has 0 bridgehead atoms. The molecular formula is C30H27NO. The number of rotatable bonds is 4. The Morgan fingerprint density at radius 3 is 2.28 bits per heavy atom. The fourth-order valence-electron chi connectivity index (χ4n) is 5.17. The predicted octanol–water partition coefficient (Wildman–Crippen LogP) is 9.04. The summed E-state index contributed by atoms with van der Waals surface area (Å²) in [6, 6.07) is 32.3. The first-order valence-corrected chi connectivity index (χ1v) is 11.7. The van der Waals surface area contributed by atoms with Gasteiger partial charge < -0.3 is 9.73 Å². The molecule has 1 N–H and O–H groups in total. The molecular weight excluding hydrogens is 390 g/mol. The molecule has 1 heterocycles. The van der Waals surface area contributed by atoms with Gasteiger partial charge in [0.05, 0.1) is 11.1 Å². The van der Waals surface area contributed by atoms with Crippen LogP contribution < -0.4 is 5.32 Å². The number of hydrogen-bond donors (Lipinski definition) is 1. The maximum atomic E-state index is 6.18. The Hall–Kier alpha value is -3.52. The third-order valence-corrected chi connectivity index (χ3v) is 6.87. The van der Waals surface area contributed by atoms with E-state index in [2.05, 4.69) is 96.3 Å². The summed E-state index contributed by atoms with van der Waals surface area (Å²) in [6.07, 6.45) is 6.79. The van der Waals surface area contributed by atoms with Crippen LogP contribution in [0.3, 0.4) is 0 Å². The van der Waals surface area contributed by atoms with Crippen LogP contribution in [0.1, 0.15) is 43.6 Å². The SMILES string of the molecule is c1ccc(-c2ccc3oc4cccc(Nc5ccc(C6CCCCC6)cc5)c4c3c2)cc1. The van der Waals surface area contributed by atoms with Gasteiger partial charge in [-0.25, -0.2) is 0 Å². The van der Waals surface area contributed by atoms with E-state index in [4.69, 9.17) is 4.42 Å². The Morgan fingerprint density at radius 2 is 1.47 bits per heavy atom. The van der Waals surface area contributed by atoms with Crippen LogP contribution in [0.15, 0.2) is 95.4 Å². The quantitative estimate of drug-likeness (QED) is 0.315. The maximum Gasteiger partial charge on any atom is 0.137 e. The molecule has 32 heavy (non-hydrogen) atoms. The van der Waals surface area contributed by atoms with Gasteiger partial charge in [-0.15, -0.1) is 0 Å². The number of furan rings is 1. The van der Waals surface area contributed by atoms with E-state index in [0.29, 0.717) is 0 Å². The molecule has 0 radical (unpaired) electrons. The Balaban J connectivity index is 1.37. The molecule has 158 valence electrons. The summed E-state index contributed by atoms with van der Waals surface area (Å²) in [7, 11) is 0. The molecule has 1 aliphatic carbocycles. The average molecular weight is 418 g/mol. The van der Waals surface area contributed by atoms with Crippen LogP contribution in [0, 0.1) is 0 Å². The van der Waals surface area contributed by atoms with E-state index in [0.717, 1.165) is 39.2 Å². The molecule has 2 nitrogen and oxygen atoms in total. The van der Waals surface area contributed by atoms with Gasteiger partial charge in [0, 0.05) is 11.1 Å². The van der Waals surface area contributed by atoms with Crippen LogP contribution in [0.25, 0.3) is 33.1 Å². The summed E-state index contributed by atoms with van der Waals surface area (Å²) in [6.45, 7) is 0. The monoisotopic (exact) mass is 417 g/mol. The van der Waals surface area contributed by atoms with Gasteiger partial charge in [-0.2, -0.15) is 0 Å². The maximum absolute atomic E-state index is 6.18. The van der Waals surface area contributed by atoms with E-state index < -0.39 is 0 Å². The highest BCUT2D eigenvalue weighted by Crippen LogP contribution is 2.38. The van der Waals surface area contributed by atoms with Crippen molar-refractivity contribution in [2.75, 3.05) is 5.32 Å². The normalized spacial score (nSPS) is 14.8. The van der Waals surface area contributed by atoms with Crippen molar-refractivity contribution in [2.24, 2.45) is 0 Å². The van der Waals surface area contributed by atoms with Crippen molar-refractivity contribution in [3.05, 3.63) is 96.6 Å². The van der Waals surface area contributed by atoms with Crippen molar-refractivity contribution < 1.29 is 4.42 Å². The van der Waals surface area contributed by atoms with Crippen molar-refractivity contribution in [3.63, 3.8) is 0 Å². The lowest BCUT2D eigenvalue weighted by Crippen LogP contribution is -2.04. The lowest BCUT2D eigenvalue weighted by Gasteiger charge is -2.22. The highest BCUT2D eigenvalue weighted by molar-refractivity contribution is 6.12. The van der Waals surface area contributed by atoms with Crippen LogP contribution >= 0.6 is 0 Å². The van der Waals surface area contributed by atoms with Crippen molar-refractivity contribution >= 4 is 33.3 Å². The summed E-state index contributed by atoms with van der Waals surface area (Å²) in [5.41, 5.74) is 7.92. The van der Waals surface area contributed by atoms with Crippen molar-refractivity contribution in [3.8, 4) is 11.1 Å². The summed E-state index contributed by atoms with van der Waals surface area (Å²) in [5.74, 6) is 0.732. The Morgan fingerprint density at radius 1 is 0.656 bits per heavy atom. The number of nitrogens with one attached hydrogen (secondary N) is 1. The number of benzene rings is 4. The largest absolute Gasteiger partial charge is 0.456 e. The third kappa shape index (κ3) is 3.56. The van der Waals surface area contributed by atoms with Gasteiger partial charge in [-0.3, -0.25) is 0 Å². The van der Waals surface area contributed by atoms with Gasteiger partial charge in [-0.1, -0.05) is 73.9 Å². The number of fused-ring (bicyclic) bond motifs is 3. The molecule has 0 atom stereocenters. The second-order valence-corrected chi connectivity index (χ2v) is 8.94. The van der Waals surface area contributed by atoms with Gasteiger partial charge in [0.15, 0.2) is 0 Å². The molecule has 4 aromatic carbocycles. The molecule has 0 aliphatic heterocycles. The first-order valence-electron chi connectivity index (χ1n) is 11.7. The van der Waals surface area contributed by atoms with E-state index in [1.807, 2.05) is 0 Å². The number of hydrogen-bond acceptors (Lipinski definition) is 2. The van der Waals surface area contributed by atoms with Crippen LogP contribution in [0.5, 0.6) is 0 Å². The van der Waals surface area contributed by atoms with Crippen LogP contribution in [-0.4, -0.2) is 0 Å². The minimum Gasteiger partial charge on any atom is -0.456 e. The van der Waals surface area contributed by atoms with E-state index in [-0.39, 0.29) is 0 Å². The van der Waals surface area contributed by atoms with Gasteiger partial charge in [0.1, 0.15) is 11.2 Å². The molecule has 0 saturated heterocycles. The van der Waals surface area contributed by atoms with E-state index in [1.165, 1.54) is 48.8 Å². The average Bonchev–Trinajstić information content (AvgIpc) is 3.24. The zero-order chi connectivity index (χ0) is 21.3. The zero-order valence-electron chi connectivity index (χ0n) is 18.2. The second-order valence-electron chi connectivity index (χ2n) is 8.94. The molecule has 6 rings (SSSR count). The highest BCUT2D eigenvalue weighted by atomic mass is 16.3. The molecule has 0 amide bonds. The molecule has 5 aromatic rings. The first-order chi connectivity index (χ1) is 15.8. The van der Waals surface area contributed by atoms with Crippen molar-refractivity contribution in [1.29, 1.82) is 0 Å². The minimum atomic E-state index is 0.732. The van der Waals surface area contributed by atoms with Crippen molar-refractivity contribution in [1.82, 2.24) is 0 Å². The smallest absolute Gasteiger partial charge is 0.137 e. The lowest BCUT2D eigenvalue weighted by atomic mass is 9.84. The molecule has 0 spiro atoms. The summed E-state index contributed by atoms with van der Waals surface area (Å²) >= 11 is 0. The van der Waals surface area contributed by atoms with Gasteiger partial charge in [0.2, 0.25) is 0 Å². The fraction of sp³-hybridized carbons (Fsp3) is 0.200. The first kappa shape index (κ1) is 19.2. The fourth-order valence-corrected chi connectivity index (χ4v) is 5.17. The standard InChI is InChI=1S/C30H27NO/c1-3-8-21(9-4-1)23-14-17-25(18-15-23)31-27-12-7-13-29-30(27)26-20-24(16-19-28(26)32-29)22-10-5-2-6-11-22/h2,5-7,10-21,31H,1,3-4,8-9H2. The van der Waals surface area contributed by atoms with Gasteiger partial charge in [0.25, 0.3) is 0 Å². The van der Waals surface area contributed by atoms with E-state index in [1.54, 1.807) is 0 Å². The topological polar surface area (TPSA) is 25.2 Å². The van der Waals surface area contributed by atoms with Gasteiger partial charge in [-0.05, 0) is 71.8 Å². The summed E-state index contributed by atoms with van der Waals surface area (Å²) in [5, 5.41) is 5.93.